The summed E-state index contributed by atoms with van der Waals surface area (Å²) in [4.78, 5) is 41.2. The van der Waals surface area contributed by atoms with Gasteiger partial charge in [0.15, 0.2) is 0 Å². The fourth-order valence-electron chi connectivity index (χ4n) is 3.21. The fourth-order valence-corrected chi connectivity index (χ4v) is 3.21. The molecule has 28 heavy (non-hydrogen) atoms. The smallest absolute Gasteiger partial charge is 0.333 e. The van der Waals surface area contributed by atoms with E-state index in [1.807, 2.05) is 27.8 Å². The Morgan fingerprint density at radius 2 is 1.93 bits per heavy atom. The molecule has 1 aliphatic rings. The van der Waals surface area contributed by atoms with Gasteiger partial charge in [-0.25, -0.2) is 4.79 Å². The van der Waals surface area contributed by atoms with Crippen molar-refractivity contribution in [1.29, 1.82) is 0 Å². The number of hydrogen-bond donors (Lipinski definition) is 1. The molecular weight excluding hydrogens is 358 g/mol. The molecule has 1 rings (SSSR count). The molecule has 7 heteroatoms. The van der Waals surface area contributed by atoms with Crippen molar-refractivity contribution in [3.8, 4) is 0 Å². The number of likely N-dealkylation sites (N-methyl/N-ethyl adjacent to an activating group) is 2. The largest absolute Gasteiger partial charge is 0.463 e. The number of carbonyl (C=O) groups is 3. The van der Waals surface area contributed by atoms with Crippen molar-refractivity contribution in [2.24, 2.45) is 5.41 Å². The zero-order chi connectivity index (χ0) is 21.5. The summed E-state index contributed by atoms with van der Waals surface area (Å²) in [6.07, 6.45) is 4.60. The number of nitrogens with one attached hydrogen (secondary N) is 1. The summed E-state index contributed by atoms with van der Waals surface area (Å²) < 4.78 is 4.96. The van der Waals surface area contributed by atoms with E-state index in [0.717, 1.165) is 25.8 Å². The van der Waals surface area contributed by atoms with Gasteiger partial charge in [0.2, 0.25) is 11.8 Å². The molecule has 1 aliphatic heterocycles. The number of likely N-dealkylation sites (tertiary alicyclic amines) is 1. The molecule has 0 aromatic rings. The van der Waals surface area contributed by atoms with Crippen molar-refractivity contribution in [2.75, 3.05) is 33.8 Å². The predicted octanol–water partition coefficient (Wildman–Crippen LogP) is 1.97. The van der Waals surface area contributed by atoms with Gasteiger partial charge in [-0.05, 0) is 45.7 Å². The highest BCUT2D eigenvalue weighted by Crippen LogP contribution is 2.22. The van der Waals surface area contributed by atoms with Gasteiger partial charge in [-0.1, -0.05) is 33.3 Å². The van der Waals surface area contributed by atoms with Crippen LogP contribution < -0.4 is 5.32 Å². The SMILES string of the molecule is CCOC(=O)C(C)=CCN(C)C(=O)[C@H](NC(=O)[C@@H]1CCCCN1C)C(C)(C)C. The van der Waals surface area contributed by atoms with E-state index in [9.17, 15) is 14.4 Å². The van der Waals surface area contributed by atoms with Crippen LogP contribution in [0.4, 0.5) is 0 Å². The lowest BCUT2D eigenvalue weighted by molar-refractivity contribution is -0.140. The Morgan fingerprint density at radius 3 is 2.46 bits per heavy atom. The van der Waals surface area contributed by atoms with Crippen LogP contribution in [0.5, 0.6) is 0 Å². The minimum atomic E-state index is -0.642. The van der Waals surface area contributed by atoms with Crippen LogP contribution in [0.3, 0.4) is 0 Å². The van der Waals surface area contributed by atoms with Gasteiger partial charge in [0, 0.05) is 19.2 Å². The van der Waals surface area contributed by atoms with E-state index in [1.54, 1.807) is 27.0 Å². The Bertz CT molecular complexity index is 595. The second-order valence-electron chi connectivity index (χ2n) is 8.63. The summed E-state index contributed by atoms with van der Waals surface area (Å²) in [6.45, 7) is 10.7. The number of rotatable bonds is 7. The molecule has 0 unspecified atom stereocenters. The van der Waals surface area contributed by atoms with Gasteiger partial charge in [0.1, 0.15) is 6.04 Å². The number of carbonyl (C=O) groups excluding carboxylic acids is 3. The Hall–Kier alpha value is -1.89. The van der Waals surface area contributed by atoms with Crippen LogP contribution >= 0.6 is 0 Å². The molecule has 0 aromatic heterocycles. The maximum atomic E-state index is 13.0. The first-order chi connectivity index (χ1) is 13.0. The average Bonchev–Trinajstić information content (AvgIpc) is 2.62. The zero-order valence-electron chi connectivity index (χ0n) is 18.5. The summed E-state index contributed by atoms with van der Waals surface area (Å²) in [5, 5.41) is 2.98. The lowest BCUT2D eigenvalue weighted by Crippen LogP contribution is -2.58. The van der Waals surface area contributed by atoms with E-state index >= 15 is 0 Å². The molecule has 0 aliphatic carbocycles. The standard InChI is InChI=1S/C21H37N3O4/c1-8-28-20(27)15(2)12-14-24(7)19(26)17(21(3,4)5)22-18(25)16-11-9-10-13-23(16)6/h12,16-17H,8-11,13-14H2,1-7H3,(H,22,25)/t16-,17-/m0/s1. The highest BCUT2D eigenvalue weighted by molar-refractivity contribution is 5.91. The minimum absolute atomic E-state index is 0.0953. The number of hydrogen-bond acceptors (Lipinski definition) is 5. The average molecular weight is 396 g/mol. The number of ether oxygens (including phenoxy) is 1. The van der Waals surface area contributed by atoms with Gasteiger partial charge in [-0.3, -0.25) is 14.5 Å². The fraction of sp³-hybridized carbons (Fsp3) is 0.762. The molecular formula is C21H37N3O4. The lowest BCUT2D eigenvalue weighted by atomic mass is 9.85. The molecule has 7 nitrogen and oxygen atoms in total. The highest BCUT2D eigenvalue weighted by Gasteiger charge is 2.37. The van der Waals surface area contributed by atoms with Gasteiger partial charge in [-0.2, -0.15) is 0 Å². The zero-order valence-corrected chi connectivity index (χ0v) is 18.5. The quantitative estimate of drug-likeness (QED) is 0.527. The van der Waals surface area contributed by atoms with Crippen LogP contribution in [-0.4, -0.2) is 73.5 Å². The monoisotopic (exact) mass is 395 g/mol. The lowest BCUT2D eigenvalue weighted by Gasteiger charge is -2.37. The van der Waals surface area contributed by atoms with Gasteiger partial charge in [0.25, 0.3) is 0 Å². The number of esters is 1. The first-order valence-electron chi connectivity index (χ1n) is 10.1. The van der Waals surface area contributed by atoms with Crippen LogP contribution in [0.25, 0.3) is 0 Å². The Kier molecular flexibility index (Phi) is 9.14. The van der Waals surface area contributed by atoms with Crippen molar-refractivity contribution in [3.63, 3.8) is 0 Å². The van der Waals surface area contributed by atoms with Crippen LogP contribution in [0, 0.1) is 5.41 Å². The van der Waals surface area contributed by atoms with Crippen LogP contribution in [0.1, 0.15) is 53.9 Å². The third-order valence-corrected chi connectivity index (χ3v) is 5.12. The third kappa shape index (κ3) is 6.93. The van der Waals surface area contributed by atoms with Crippen molar-refractivity contribution < 1.29 is 19.1 Å². The van der Waals surface area contributed by atoms with E-state index in [1.165, 1.54) is 4.90 Å². The molecule has 1 fully saturated rings. The molecule has 1 saturated heterocycles. The Labute approximate surface area is 169 Å². The van der Waals surface area contributed by atoms with Gasteiger partial charge < -0.3 is 15.0 Å². The third-order valence-electron chi connectivity index (χ3n) is 5.12. The molecule has 1 heterocycles. The Morgan fingerprint density at radius 1 is 1.29 bits per heavy atom. The van der Waals surface area contributed by atoms with Crippen molar-refractivity contribution >= 4 is 17.8 Å². The highest BCUT2D eigenvalue weighted by atomic mass is 16.5. The van der Waals surface area contributed by atoms with Crippen LogP contribution in [-0.2, 0) is 19.1 Å². The van der Waals surface area contributed by atoms with Crippen molar-refractivity contribution in [1.82, 2.24) is 15.1 Å². The first-order valence-corrected chi connectivity index (χ1v) is 10.1. The number of piperidine rings is 1. The molecule has 0 spiro atoms. The molecule has 160 valence electrons. The maximum absolute atomic E-state index is 13.0. The van der Waals surface area contributed by atoms with Gasteiger partial charge in [0.05, 0.1) is 12.6 Å². The van der Waals surface area contributed by atoms with Crippen molar-refractivity contribution in [2.45, 2.75) is 66.0 Å². The topological polar surface area (TPSA) is 79.0 Å². The Balaban J connectivity index is 2.83. The van der Waals surface area contributed by atoms with Gasteiger partial charge >= 0.3 is 5.97 Å². The van der Waals surface area contributed by atoms with Crippen LogP contribution in [0.2, 0.25) is 0 Å². The molecule has 1 N–H and O–H groups in total. The molecule has 2 atom stereocenters. The normalized spacial score (nSPS) is 19.7. The van der Waals surface area contributed by atoms with Crippen LogP contribution in [0.15, 0.2) is 11.6 Å². The summed E-state index contributed by atoms with van der Waals surface area (Å²) in [7, 11) is 3.63. The predicted molar refractivity (Wildman–Crippen MR) is 110 cm³/mol. The number of nitrogens with zero attached hydrogens (tertiary/aromatic N) is 2. The summed E-state index contributed by atoms with van der Waals surface area (Å²) >= 11 is 0. The van der Waals surface area contributed by atoms with Gasteiger partial charge in [-0.15, -0.1) is 0 Å². The van der Waals surface area contributed by atoms with E-state index in [-0.39, 0.29) is 30.4 Å². The second-order valence-corrected chi connectivity index (χ2v) is 8.63. The summed E-state index contributed by atoms with van der Waals surface area (Å²) in [6, 6.07) is -0.834. The minimum Gasteiger partial charge on any atom is -0.463 e. The molecule has 2 amide bonds. The molecule has 0 bridgehead atoms. The van der Waals surface area contributed by atoms with E-state index in [2.05, 4.69) is 10.2 Å². The second kappa shape index (κ2) is 10.6. The molecule has 0 saturated carbocycles. The van der Waals surface area contributed by atoms with E-state index in [0.29, 0.717) is 12.2 Å². The van der Waals surface area contributed by atoms with Crippen molar-refractivity contribution in [3.05, 3.63) is 11.6 Å². The summed E-state index contributed by atoms with van der Waals surface area (Å²) in [5.41, 5.74) is 0.0235. The first kappa shape index (κ1) is 24.1. The number of amides is 2. The summed E-state index contributed by atoms with van der Waals surface area (Å²) in [5.74, 6) is -0.654. The molecule has 0 radical (unpaired) electrons. The van der Waals surface area contributed by atoms with E-state index in [4.69, 9.17) is 4.74 Å². The molecule has 0 aromatic carbocycles. The van der Waals surface area contributed by atoms with E-state index < -0.39 is 11.5 Å². The maximum Gasteiger partial charge on any atom is 0.333 e.